The Labute approximate surface area is 209 Å². The summed E-state index contributed by atoms with van der Waals surface area (Å²) in [4.78, 5) is 29.3. The van der Waals surface area contributed by atoms with Crippen LogP contribution in [0.25, 0.3) is 0 Å². The second kappa shape index (κ2) is 10.8. The van der Waals surface area contributed by atoms with Crippen LogP contribution in [0.4, 0.5) is 11.4 Å². The van der Waals surface area contributed by atoms with Gasteiger partial charge in [0, 0.05) is 48.1 Å². The summed E-state index contributed by atoms with van der Waals surface area (Å²) in [5.74, 6) is 0.176. The number of nitrogens with one attached hydrogen (secondary N) is 1. The quantitative estimate of drug-likeness (QED) is 0.497. The highest BCUT2D eigenvalue weighted by Crippen LogP contribution is 2.28. The van der Waals surface area contributed by atoms with Crippen molar-refractivity contribution in [2.75, 3.05) is 36.4 Å². The van der Waals surface area contributed by atoms with Crippen molar-refractivity contribution in [1.29, 1.82) is 0 Å². The molecular weight excluding hydrogens is 473 g/mol. The molecule has 3 aromatic rings. The van der Waals surface area contributed by atoms with Gasteiger partial charge in [-0.15, -0.1) is 0 Å². The van der Waals surface area contributed by atoms with Gasteiger partial charge in [-0.05, 0) is 61.5 Å². The molecule has 6 nitrogen and oxygen atoms in total. The van der Waals surface area contributed by atoms with E-state index in [4.69, 9.17) is 27.9 Å². The number of amides is 2. The first-order valence-electron chi connectivity index (χ1n) is 11.0. The number of piperazine rings is 1. The maximum absolute atomic E-state index is 12.6. The summed E-state index contributed by atoms with van der Waals surface area (Å²) in [7, 11) is 0. The van der Waals surface area contributed by atoms with Crippen LogP contribution in [0.2, 0.25) is 10.0 Å². The first kappa shape index (κ1) is 23.9. The van der Waals surface area contributed by atoms with Gasteiger partial charge in [0.05, 0.1) is 5.02 Å². The molecule has 34 heavy (non-hydrogen) atoms. The molecule has 176 valence electrons. The van der Waals surface area contributed by atoms with Gasteiger partial charge in [-0.3, -0.25) is 9.59 Å². The van der Waals surface area contributed by atoms with E-state index in [9.17, 15) is 9.59 Å². The molecule has 1 aliphatic heterocycles. The van der Waals surface area contributed by atoms with E-state index in [1.807, 2.05) is 59.5 Å². The van der Waals surface area contributed by atoms with Crippen LogP contribution in [0.1, 0.15) is 17.3 Å². The summed E-state index contributed by atoms with van der Waals surface area (Å²) < 4.78 is 5.67. The first-order valence-corrected chi connectivity index (χ1v) is 11.8. The fourth-order valence-corrected chi connectivity index (χ4v) is 4.20. The lowest BCUT2D eigenvalue weighted by Gasteiger charge is -2.36. The number of rotatable bonds is 6. The third kappa shape index (κ3) is 5.82. The van der Waals surface area contributed by atoms with E-state index in [1.165, 1.54) is 0 Å². The minimum absolute atomic E-state index is 0.0644. The number of ether oxygens (including phenoxy) is 1. The Hall–Kier alpha value is -3.22. The van der Waals surface area contributed by atoms with Crippen LogP contribution < -0.4 is 15.0 Å². The van der Waals surface area contributed by atoms with Crippen molar-refractivity contribution in [1.82, 2.24) is 4.90 Å². The SMILES string of the molecule is CC(Oc1ccc(Cl)cc1Cl)C(=O)Nc1ccc(N2CCN(C(=O)c3ccccc3)CC2)cc1. The Balaban J connectivity index is 1.29. The van der Waals surface area contributed by atoms with Crippen LogP contribution in [0.3, 0.4) is 0 Å². The highest BCUT2D eigenvalue weighted by molar-refractivity contribution is 6.35. The molecule has 0 spiro atoms. The minimum atomic E-state index is -0.742. The molecule has 3 aromatic carbocycles. The number of benzene rings is 3. The predicted molar refractivity (Wildman–Crippen MR) is 136 cm³/mol. The second-order valence-electron chi connectivity index (χ2n) is 8.02. The Bertz CT molecular complexity index is 1150. The average Bonchev–Trinajstić information content (AvgIpc) is 2.86. The fourth-order valence-electron chi connectivity index (χ4n) is 3.75. The van der Waals surface area contributed by atoms with Gasteiger partial charge in [0.1, 0.15) is 5.75 Å². The number of hydrogen-bond donors (Lipinski definition) is 1. The summed E-state index contributed by atoms with van der Waals surface area (Å²) in [6, 6.07) is 21.9. The van der Waals surface area contributed by atoms with Gasteiger partial charge in [0.15, 0.2) is 6.10 Å². The number of anilines is 2. The zero-order chi connectivity index (χ0) is 24.1. The van der Waals surface area contributed by atoms with Crippen molar-refractivity contribution in [2.24, 2.45) is 0 Å². The normalized spacial score (nSPS) is 14.4. The lowest BCUT2D eigenvalue weighted by molar-refractivity contribution is -0.122. The average molecular weight is 498 g/mol. The second-order valence-corrected chi connectivity index (χ2v) is 8.86. The molecule has 0 bridgehead atoms. The summed E-state index contributed by atoms with van der Waals surface area (Å²) in [5, 5.41) is 3.71. The Morgan fingerprint density at radius 2 is 1.59 bits per heavy atom. The number of nitrogens with zero attached hydrogens (tertiary/aromatic N) is 2. The highest BCUT2D eigenvalue weighted by Gasteiger charge is 2.22. The van der Waals surface area contributed by atoms with E-state index in [0.29, 0.717) is 40.1 Å². The van der Waals surface area contributed by atoms with Gasteiger partial charge in [-0.25, -0.2) is 0 Å². The number of carbonyl (C=O) groups excluding carboxylic acids is 2. The van der Waals surface area contributed by atoms with Crippen LogP contribution in [-0.2, 0) is 4.79 Å². The zero-order valence-electron chi connectivity index (χ0n) is 18.7. The van der Waals surface area contributed by atoms with Crippen LogP contribution in [0.5, 0.6) is 5.75 Å². The van der Waals surface area contributed by atoms with Gasteiger partial charge in [-0.2, -0.15) is 0 Å². The van der Waals surface area contributed by atoms with Gasteiger partial charge in [0.25, 0.3) is 11.8 Å². The van der Waals surface area contributed by atoms with Gasteiger partial charge in [-0.1, -0.05) is 41.4 Å². The summed E-state index contributed by atoms with van der Waals surface area (Å²) in [6.45, 7) is 4.47. The molecular formula is C26H25Cl2N3O3. The molecule has 1 unspecified atom stereocenters. The molecule has 2 amide bonds. The molecule has 8 heteroatoms. The highest BCUT2D eigenvalue weighted by atomic mass is 35.5. The predicted octanol–water partition coefficient (Wildman–Crippen LogP) is 5.36. The summed E-state index contributed by atoms with van der Waals surface area (Å²) >= 11 is 12.0. The third-order valence-corrected chi connectivity index (χ3v) is 6.18. The van der Waals surface area contributed by atoms with E-state index in [0.717, 1.165) is 18.8 Å². The van der Waals surface area contributed by atoms with Gasteiger partial charge >= 0.3 is 0 Å². The first-order chi connectivity index (χ1) is 16.4. The molecule has 1 atom stereocenters. The van der Waals surface area contributed by atoms with E-state index in [2.05, 4.69) is 10.2 Å². The molecule has 1 heterocycles. The van der Waals surface area contributed by atoms with Gasteiger partial charge in [0.2, 0.25) is 0 Å². The Morgan fingerprint density at radius 1 is 0.912 bits per heavy atom. The molecule has 0 radical (unpaired) electrons. The van der Waals surface area contributed by atoms with Crippen LogP contribution in [0, 0.1) is 0 Å². The van der Waals surface area contributed by atoms with Crippen molar-refractivity contribution in [3.8, 4) is 5.75 Å². The lowest BCUT2D eigenvalue weighted by atomic mass is 10.1. The van der Waals surface area contributed by atoms with Crippen molar-refractivity contribution in [2.45, 2.75) is 13.0 Å². The maximum atomic E-state index is 12.6. The third-order valence-electron chi connectivity index (χ3n) is 5.65. The van der Waals surface area contributed by atoms with Crippen molar-refractivity contribution in [3.63, 3.8) is 0 Å². The number of halogens is 2. The molecule has 0 saturated carbocycles. The zero-order valence-corrected chi connectivity index (χ0v) is 20.2. The Kier molecular flexibility index (Phi) is 7.60. The molecule has 4 rings (SSSR count). The van der Waals surface area contributed by atoms with E-state index >= 15 is 0 Å². The van der Waals surface area contributed by atoms with Gasteiger partial charge < -0.3 is 19.9 Å². The van der Waals surface area contributed by atoms with E-state index in [-0.39, 0.29) is 11.8 Å². The molecule has 1 aliphatic rings. The molecule has 1 fully saturated rings. The van der Waals surface area contributed by atoms with Crippen molar-refractivity contribution >= 4 is 46.4 Å². The van der Waals surface area contributed by atoms with E-state index < -0.39 is 6.10 Å². The van der Waals surface area contributed by atoms with Crippen LogP contribution >= 0.6 is 23.2 Å². The standard InChI is InChI=1S/C26H25Cl2N3O3/c1-18(34-24-12-7-20(27)17-23(24)28)25(32)29-21-8-10-22(11-9-21)30-13-15-31(16-14-30)26(33)19-5-3-2-4-6-19/h2-12,17-18H,13-16H2,1H3,(H,29,32). The molecule has 0 aromatic heterocycles. The van der Waals surface area contributed by atoms with Crippen molar-refractivity contribution < 1.29 is 14.3 Å². The Morgan fingerprint density at radius 3 is 2.24 bits per heavy atom. The summed E-state index contributed by atoms with van der Waals surface area (Å²) in [5.41, 5.74) is 2.43. The lowest BCUT2D eigenvalue weighted by Crippen LogP contribution is -2.48. The maximum Gasteiger partial charge on any atom is 0.265 e. The largest absolute Gasteiger partial charge is 0.479 e. The molecule has 1 N–H and O–H groups in total. The van der Waals surface area contributed by atoms with E-state index in [1.54, 1.807) is 25.1 Å². The number of carbonyl (C=O) groups is 2. The monoisotopic (exact) mass is 497 g/mol. The minimum Gasteiger partial charge on any atom is -0.479 e. The fraction of sp³-hybridized carbons (Fsp3) is 0.231. The van der Waals surface area contributed by atoms with Crippen LogP contribution in [-0.4, -0.2) is 49.0 Å². The topological polar surface area (TPSA) is 61.9 Å². The van der Waals surface area contributed by atoms with Crippen molar-refractivity contribution in [3.05, 3.63) is 88.4 Å². The van der Waals surface area contributed by atoms with Crippen LogP contribution in [0.15, 0.2) is 72.8 Å². The smallest absolute Gasteiger partial charge is 0.265 e. The molecule has 0 aliphatic carbocycles. The summed E-state index contributed by atoms with van der Waals surface area (Å²) in [6.07, 6.45) is -0.742. The number of hydrogen-bond acceptors (Lipinski definition) is 4. The molecule has 1 saturated heterocycles.